The van der Waals surface area contributed by atoms with Crippen molar-refractivity contribution in [3.8, 4) is 0 Å². The summed E-state index contributed by atoms with van der Waals surface area (Å²) in [6.07, 6.45) is 3.33. The summed E-state index contributed by atoms with van der Waals surface area (Å²) in [6.45, 7) is 1.79. The van der Waals surface area contributed by atoms with Crippen molar-refractivity contribution >= 4 is 24.0 Å². The van der Waals surface area contributed by atoms with Crippen molar-refractivity contribution in [2.45, 2.75) is 25.4 Å². The van der Waals surface area contributed by atoms with Crippen LogP contribution in [0.2, 0.25) is 0 Å². The van der Waals surface area contributed by atoms with Crippen molar-refractivity contribution in [2.75, 3.05) is 6.54 Å². The van der Waals surface area contributed by atoms with Crippen LogP contribution < -0.4 is 0 Å². The highest BCUT2D eigenvalue weighted by Crippen LogP contribution is 2.25. The van der Waals surface area contributed by atoms with Crippen LogP contribution in [0.3, 0.4) is 0 Å². The molecule has 0 spiro atoms. The number of nitrogens with zero attached hydrogens (tertiary/aromatic N) is 2. The Morgan fingerprint density at radius 3 is 2.41 bits per heavy atom. The van der Waals surface area contributed by atoms with E-state index in [9.17, 15) is 19.2 Å². The van der Waals surface area contributed by atoms with Crippen molar-refractivity contribution in [1.82, 2.24) is 9.80 Å². The Bertz CT molecular complexity index is 411. The third-order valence-electron chi connectivity index (χ3n) is 3.09. The highest BCUT2D eigenvalue weighted by Gasteiger charge is 2.44. The summed E-state index contributed by atoms with van der Waals surface area (Å²) >= 11 is 0. The summed E-state index contributed by atoms with van der Waals surface area (Å²) in [6, 6.07) is -0.904. The molecule has 0 aromatic heterocycles. The molecule has 6 nitrogen and oxygen atoms in total. The first kappa shape index (κ1) is 11.5. The summed E-state index contributed by atoms with van der Waals surface area (Å²) in [5.41, 5.74) is 0. The lowest BCUT2D eigenvalue weighted by Crippen LogP contribution is -2.45. The molecule has 2 aliphatic heterocycles. The number of amides is 3. The minimum absolute atomic E-state index is 0.000148. The molecule has 17 heavy (non-hydrogen) atoms. The maximum absolute atomic E-state index is 12.0. The molecule has 2 atom stereocenters. The number of hydrogen-bond donors (Lipinski definition) is 0. The Morgan fingerprint density at radius 2 is 1.88 bits per heavy atom. The van der Waals surface area contributed by atoms with Gasteiger partial charge in [0.2, 0.25) is 5.91 Å². The molecule has 2 unspecified atom stereocenters. The van der Waals surface area contributed by atoms with Crippen molar-refractivity contribution in [1.29, 1.82) is 0 Å². The maximum atomic E-state index is 12.0. The molecule has 2 rings (SSSR count). The fourth-order valence-electron chi connectivity index (χ4n) is 2.24. The summed E-state index contributed by atoms with van der Waals surface area (Å²) in [4.78, 5) is 47.7. The lowest BCUT2D eigenvalue weighted by atomic mass is 10.1. The molecule has 0 aromatic rings. The van der Waals surface area contributed by atoms with Crippen molar-refractivity contribution in [2.24, 2.45) is 0 Å². The maximum Gasteiger partial charge on any atom is 0.254 e. The zero-order valence-corrected chi connectivity index (χ0v) is 9.33. The number of aldehydes is 1. The van der Waals surface area contributed by atoms with E-state index in [1.54, 1.807) is 6.92 Å². The van der Waals surface area contributed by atoms with Crippen LogP contribution in [0.15, 0.2) is 12.2 Å². The van der Waals surface area contributed by atoms with Gasteiger partial charge in [-0.15, -0.1) is 0 Å². The minimum atomic E-state index is -0.764. The van der Waals surface area contributed by atoms with Crippen LogP contribution in [0.4, 0.5) is 0 Å². The van der Waals surface area contributed by atoms with Crippen LogP contribution >= 0.6 is 0 Å². The lowest BCUT2D eigenvalue weighted by Gasteiger charge is -2.21. The van der Waals surface area contributed by atoms with E-state index in [4.69, 9.17) is 0 Å². The Hall–Kier alpha value is -1.98. The molecule has 0 bridgehead atoms. The number of likely N-dealkylation sites (tertiary alicyclic amines) is 1. The third-order valence-corrected chi connectivity index (χ3v) is 3.09. The van der Waals surface area contributed by atoms with E-state index in [0.29, 0.717) is 12.7 Å². The van der Waals surface area contributed by atoms with Gasteiger partial charge in [-0.1, -0.05) is 0 Å². The van der Waals surface area contributed by atoms with E-state index >= 15 is 0 Å². The quantitative estimate of drug-likeness (QED) is 0.470. The number of carbonyl (C=O) groups excluding carboxylic acids is 4. The van der Waals surface area contributed by atoms with Gasteiger partial charge in [-0.05, 0) is 13.3 Å². The molecule has 0 saturated carbocycles. The summed E-state index contributed by atoms with van der Waals surface area (Å²) in [5.74, 6) is -1.27. The second-order valence-electron chi connectivity index (χ2n) is 4.14. The molecule has 0 aliphatic carbocycles. The van der Waals surface area contributed by atoms with E-state index in [-0.39, 0.29) is 18.5 Å². The largest absolute Gasteiger partial charge is 0.331 e. The Morgan fingerprint density at radius 1 is 1.29 bits per heavy atom. The second-order valence-corrected chi connectivity index (χ2v) is 4.14. The average Bonchev–Trinajstić information content (AvgIpc) is 2.74. The van der Waals surface area contributed by atoms with Crippen LogP contribution in [0.25, 0.3) is 0 Å². The van der Waals surface area contributed by atoms with Gasteiger partial charge in [-0.3, -0.25) is 19.3 Å². The topological polar surface area (TPSA) is 74.8 Å². The normalized spacial score (nSPS) is 28.4. The van der Waals surface area contributed by atoms with Crippen molar-refractivity contribution in [3.05, 3.63) is 12.2 Å². The molecule has 2 aliphatic rings. The highest BCUT2D eigenvalue weighted by atomic mass is 16.2. The molecule has 0 N–H and O–H groups in total. The van der Waals surface area contributed by atoms with Gasteiger partial charge >= 0.3 is 0 Å². The van der Waals surface area contributed by atoms with E-state index in [1.165, 1.54) is 4.90 Å². The van der Waals surface area contributed by atoms with Crippen molar-refractivity contribution < 1.29 is 19.2 Å². The molecular formula is C11H12N2O4. The van der Waals surface area contributed by atoms with Crippen LogP contribution in [0, 0.1) is 0 Å². The standard InChI is InChI=1S/C11H12N2O4/c1-7-6-8(11(17)12(7)4-5-14)13-9(15)2-3-10(13)16/h2-3,5,7-8H,4,6H2,1H3. The molecular weight excluding hydrogens is 224 g/mol. The molecule has 6 heteroatoms. The summed E-state index contributed by atoms with van der Waals surface area (Å²) < 4.78 is 0. The van der Waals surface area contributed by atoms with E-state index in [0.717, 1.165) is 17.1 Å². The summed E-state index contributed by atoms with van der Waals surface area (Å²) in [7, 11) is 0. The lowest BCUT2D eigenvalue weighted by molar-refractivity contribution is -0.146. The predicted molar refractivity (Wildman–Crippen MR) is 56.6 cm³/mol. The number of rotatable bonds is 3. The van der Waals surface area contributed by atoms with Gasteiger partial charge in [0.25, 0.3) is 11.8 Å². The predicted octanol–water partition coefficient (Wildman–Crippen LogP) is -0.900. The van der Waals surface area contributed by atoms with Gasteiger partial charge in [-0.2, -0.15) is 0 Å². The Kier molecular flexibility index (Phi) is 2.79. The minimum Gasteiger partial charge on any atom is -0.331 e. The fraction of sp³-hybridized carbons (Fsp3) is 0.455. The third kappa shape index (κ3) is 1.75. The summed E-state index contributed by atoms with van der Waals surface area (Å²) in [5, 5.41) is 0. The first-order chi connectivity index (χ1) is 8.06. The zero-order chi connectivity index (χ0) is 12.6. The molecule has 1 fully saturated rings. The van der Waals surface area contributed by atoms with Crippen LogP contribution in [0.1, 0.15) is 13.3 Å². The molecule has 0 radical (unpaired) electrons. The monoisotopic (exact) mass is 236 g/mol. The van der Waals surface area contributed by atoms with Crippen LogP contribution in [-0.4, -0.2) is 52.4 Å². The SMILES string of the molecule is CC1CC(N2C(=O)C=CC2=O)C(=O)N1CC=O. The van der Waals surface area contributed by atoms with Gasteiger partial charge in [0.1, 0.15) is 12.3 Å². The smallest absolute Gasteiger partial charge is 0.254 e. The molecule has 2 heterocycles. The van der Waals surface area contributed by atoms with Crippen molar-refractivity contribution in [3.63, 3.8) is 0 Å². The fourth-order valence-corrected chi connectivity index (χ4v) is 2.24. The van der Waals surface area contributed by atoms with Crippen LogP contribution in [-0.2, 0) is 19.2 Å². The van der Waals surface area contributed by atoms with Gasteiger partial charge in [0, 0.05) is 18.2 Å². The Labute approximate surface area is 97.9 Å². The second kappa shape index (κ2) is 4.12. The molecule has 3 amide bonds. The number of imide groups is 1. The molecule has 1 saturated heterocycles. The van der Waals surface area contributed by atoms with E-state index in [1.807, 2.05) is 0 Å². The average molecular weight is 236 g/mol. The van der Waals surface area contributed by atoms with E-state index < -0.39 is 17.9 Å². The van der Waals surface area contributed by atoms with Crippen LogP contribution in [0.5, 0.6) is 0 Å². The first-order valence-corrected chi connectivity index (χ1v) is 5.35. The van der Waals surface area contributed by atoms with Gasteiger partial charge in [0.15, 0.2) is 0 Å². The van der Waals surface area contributed by atoms with Gasteiger partial charge in [-0.25, -0.2) is 0 Å². The number of hydrogen-bond acceptors (Lipinski definition) is 4. The Balaban J connectivity index is 2.19. The van der Waals surface area contributed by atoms with Gasteiger partial charge < -0.3 is 9.69 Å². The zero-order valence-electron chi connectivity index (χ0n) is 9.33. The first-order valence-electron chi connectivity index (χ1n) is 5.35. The molecule has 0 aromatic carbocycles. The number of carbonyl (C=O) groups is 4. The molecule has 90 valence electrons. The van der Waals surface area contributed by atoms with E-state index in [2.05, 4.69) is 0 Å². The van der Waals surface area contributed by atoms with Gasteiger partial charge in [0.05, 0.1) is 6.54 Å². The highest BCUT2D eigenvalue weighted by molar-refractivity contribution is 6.15.